The zero-order chi connectivity index (χ0) is 24.1. The normalized spacial score (nSPS) is 14.8. The highest BCUT2D eigenvalue weighted by atomic mass is 32.1. The topological polar surface area (TPSA) is 142 Å². The second kappa shape index (κ2) is 9.92. The van der Waals surface area contributed by atoms with Gasteiger partial charge in [0.1, 0.15) is 5.57 Å². The number of carbonyl (C=O) groups is 4. The lowest BCUT2D eigenvalue weighted by molar-refractivity contribution is -0.139. The number of nitrogens with one attached hydrogen (secondary N) is 1. The molecule has 0 atom stereocenters. The molecule has 0 aliphatic carbocycles. The molecule has 10 nitrogen and oxygen atoms in total. The number of ether oxygens (including phenoxy) is 2. The average molecular weight is 470 g/mol. The van der Waals surface area contributed by atoms with E-state index in [1.165, 1.54) is 48.5 Å². The maximum absolute atomic E-state index is 13.1. The SMILES string of the molecule is CCOc1cc(C=C2C(=O)NC(=S)N(c3cccc(C(=O)O)c3)C2=O)ccc1OCC(=O)O. The monoisotopic (exact) mass is 470 g/mol. The zero-order valence-corrected chi connectivity index (χ0v) is 18.0. The van der Waals surface area contributed by atoms with Crippen LogP contribution >= 0.6 is 12.2 Å². The number of aromatic carboxylic acids is 1. The Morgan fingerprint density at radius 1 is 1.09 bits per heavy atom. The van der Waals surface area contributed by atoms with Gasteiger partial charge in [-0.1, -0.05) is 12.1 Å². The van der Waals surface area contributed by atoms with E-state index in [0.717, 1.165) is 4.90 Å². The van der Waals surface area contributed by atoms with E-state index in [1.54, 1.807) is 6.92 Å². The smallest absolute Gasteiger partial charge is 0.341 e. The van der Waals surface area contributed by atoms with Crippen molar-refractivity contribution in [3.8, 4) is 11.5 Å². The fourth-order valence-electron chi connectivity index (χ4n) is 2.98. The number of carboxylic acids is 2. The average Bonchev–Trinajstić information content (AvgIpc) is 2.76. The van der Waals surface area contributed by atoms with Gasteiger partial charge in [-0.05, 0) is 61.1 Å². The number of thiocarbonyl (C=S) groups is 1. The summed E-state index contributed by atoms with van der Waals surface area (Å²) in [7, 11) is 0. The maximum atomic E-state index is 13.1. The highest BCUT2D eigenvalue weighted by Gasteiger charge is 2.34. The predicted octanol–water partition coefficient (Wildman–Crippen LogP) is 2.08. The molecule has 0 radical (unpaired) electrons. The van der Waals surface area contributed by atoms with Crippen LogP contribution in [-0.4, -0.2) is 52.3 Å². The molecule has 3 rings (SSSR count). The zero-order valence-electron chi connectivity index (χ0n) is 17.2. The van der Waals surface area contributed by atoms with E-state index >= 15 is 0 Å². The summed E-state index contributed by atoms with van der Waals surface area (Å²) in [4.78, 5) is 48.7. The van der Waals surface area contributed by atoms with Crippen LogP contribution in [0.4, 0.5) is 5.69 Å². The Kier molecular flexibility index (Phi) is 7.04. The van der Waals surface area contributed by atoms with E-state index in [1.807, 2.05) is 0 Å². The summed E-state index contributed by atoms with van der Waals surface area (Å²) in [6.07, 6.45) is 1.32. The number of hydrogen-bond donors (Lipinski definition) is 3. The second-order valence-electron chi connectivity index (χ2n) is 6.63. The molecule has 1 fully saturated rings. The number of rotatable bonds is 8. The van der Waals surface area contributed by atoms with Gasteiger partial charge < -0.3 is 19.7 Å². The number of aliphatic carboxylic acids is 1. The van der Waals surface area contributed by atoms with E-state index in [4.69, 9.17) is 26.8 Å². The largest absolute Gasteiger partial charge is 0.490 e. The summed E-state index contributed by atoms with van der Waals surface area (Å²) < 4.78 is 10.7. The molecule has 3 N–H and O–H groups in total. The minimum atomic E-state index is -1.18. The van der Waals surface area contributed by atoms with E-state index in [0.29, 0.717) is 5.56 Å². The molecule has 2 aromatic rings. The molecule has 0 spiro atoms. The van der Waals surface area contributed by atoms with Gasteiger partial charge in [0.05, 0.1) is 17.9 Å². The van der Waals surface area contributed by atoms with Gasteiger partial charge in [-0.3, -0.25) is 19.8 Å². The van der Waals surface area contributed by atoms with Gasteiger partial charge in [-0.2, -0.15) is 0 Å². The third-order valence-corrected chi connectivity index (χ3v) is 4.67. The molecular weight excluding hydrogens is 452 g/mol. The number of benzene rings is 2. The Labute approximate surface area is 193 Å². The lowest BCUT2D eigenvalue weighted by atomic mass is 10.1. The quantitative estimate of drug-likeness (QED) is 0.300. The number of anilines is 1. The summed E-state index contributed by atoms with van der Waals surface area (Å²) in [5, 5.41) is 20.3. The van der Waals surface area contributed by atoms with E-state index in [2.05, 4.69) is 5.32 Å². The predicted molar refractivity (Wildman–Crippen MR) is 120 cm³/mol. The fourth-order valence-corrected chi connectivity index (χ4v) is 3.26. The fraction of sp³-hybridized carbons (Fsp3) is 0.136. The summed E-state index contributed by atoms with van der Waals surface area (Å²) in [5.74, 6) is -3.38. The molecular formula is C22H18N2O8S. The van der Waals surface area contributed by atoms with Crippen molar-refractivity contribution in [3.63, 3.8) is 0 Å². The van der Waals surface area contributed by atoms with Crippen molar-refractivity contribution in [2.75, 3.05) is 18.1 Å². The molecule has 170 valence electrons. The lowest BCUT2D eigenvalue weighted by Gasteiger charge is -2.29. The Balaban J connectivity index is 1.97. The minimum Gasteiger partial charge on any atom is -0.490 e. The van der Waals surface area contributed by atoms with Crippen LogP contribution in [0.3, 0.4) is 0 Å². The summed E-state index contributed by atoms with van der Waals surface area (Å²) in [5.41, 5.74) is 0.296. The van der Waals surface area contributed by atoms with Crippen molar-refractivity contribution < 1.29 is 38.9 Å². The van der Waals surface area contributed by atoms with E-state index in [9.17, 15) is 24.3 Å². The molecule has 1 aliphatic rings. The van der Waals surface area contributed by atoms with Crippen molar-refractivity contribution in [1.82, 2.24) is 5.32 Å². The van der Waals surface area contributed by atoms with Crippen LogP contribution in [0.25, 0.3) is 6.08 Å². The third kappa shape index (κ3) is 5.33. The molecule has 0 bridgehead atoms. The first-order chi connectivity index (χ1) is 15.7. The molecule has 2 aromatic carbocycles. The van der Waals surface area contributed by atoms with Crippen molar-refractivity contribution in [3.05, 3.63) is 59.2 Å². The highest BCUT2D eigenvalue weighted by Crippen LogP contribution is 2.30. The maximum Gasteiger partial charge on any atom is 0.341 e. The van der Waals surface area contributed by atoms with Crippen molar-refractivity contribution in [2.45, 2.75) is 6.92 Å². The standard InChI is InChI=1S/C22H18N2O8S/c1-2-31-17-9-12(6-7-16(17)32-11-18(25)26)8-15-19(27)23-22(33)24(20(15)28)14-5-3-4-13(10-14)21(29)30/h3-10H,2,11H2,1H3,(H,25,26)(H,29,30)(H,23,27,33). The Bertz CT molecular complexity index is 1190. The van der Waals surface area contributed by atoms with Crippen LogP contribution in [0, 0.1) is 0 Å². The van der Waals surface area contributed by atoms with E-state index in [-0.39, 0.29) is 40.0 Å². The van der Waals surface area contributed by atoms with Crippen LogP contribution in [0.2, 0.25) is 0 Å². The summed E-state index contributed by atoms with van der Waals surface area (Å²) in [6.45, 7) is 1.43. The summed E-state index contributed by atoms with van der Waals surface area (Å²) in [6, 6.07) is 10.1. The van der Waals surface area contributed by atoms with Gasteiger partial charge in [-0.15, -0.1) is 0 Å². The van der Waals surface area contributed by atoms with Crippen LogP contribution in [0.15, 0.2) is 48.0 Å². The van der Waals surface area contributed by atoms with Gasteiger partial charge >= 0.3 is 11.9 Å². The summed E-state index contributed by atoms with van der Waals surface area (Å²) >= 11 is 5.13. The van der Waals surface area contributed by atoms with Gasteiger partial charge in [0.15, 0.2) is 23.2 Å². The highest BCUT2D eigenvalue weighted by molar-refractivity contribution is 7.80. The van der Waals surface area contributed by atoms with Crippen molar-refractivity contribution in [1.29, 1.82) is 0 Å². The van der Waals surface area contributed by atoms with Gasteiger partial charge in [-0.25, -0.2) is 9.59 Å². The number of amides is 2. The third-order valence-electron chi connectivity index (χ3n) is 4.38. The van der Waals surface area contributed by atoms with Crippen molar-refractivity contribution in [2.24, 2.45) is 0 Å². The molecule has 0 saturated carbocycles. The number of nitrogens with zero attached hydrogens (tertiary/aromatic N) is 1. The molecule has 33 heavy (non-hydrogen) atoms. The first kappa shape index (κ1) is 23.4. The second-order valence-corrected chi connectivity index (χ2v) is 7.02. The molecule has 11 heteroatoms. The van der Waals surface area contributed by atoms with Gasteiger partial charge in [0.25, 0.3) is 11.8 Å². The van der Waals surface area contributed by atoms with Crippen molar-refractivity contribution >= 4 is 52.8 Å². The minimum absolute atomic E-state index is 0.0520. The molecule has 1 aliphatic heterocycles. The first-order valence-electron chi connectivity index (χ1n) is 9.57. The molecule has 0 unspecified atom stereocenters. The van der Waals surface area contributed by atoms with Crippen LogP contribution in [-0.2, 0) is 14.4 Å². The molecule has 1 saturated heterocycles. The number of carbonyl (C=O) groups excluding carboxylic acids is 2. The van der Waals surface area contributed by atoms with Gasteiger partial charge in [0, 0.05) is 0 Å². The van der Waals surface area contributed by atoms with E-state index < -0.39 is 30.4 Å². The van der Waals surface area contributed by atoms with Gasteiger partial charge in [0.2, 0.25) is 0 Å². The molecule has 1 heterocycles. The number of carboxylic acid groups (broad SMARTS) is 2. The Morgan fingerprint density at radius 3 is 2.52 bits per heavy atom. The molecule has 0 aromatic heterocycles. The number of hydrogen-bond acceptors (Lipinski definition) is 7. The van der Waals surface area contributed by atoms with Crippen LogP contribution < -0.4 is 19.7 Å². The lowest BCUT2D eigenvalue weighted by Crippen LogP contribution is -2.54. The first-order valence-corrected chi connectivity index (χ1v) is 9.98. The Hall–Kier alpha value is -4.25. The van der Waals surface area contributed by atoms with Crippen LogP contribution in [0.1, 0.15) is 22.8 Å². The molecule has 2 amide bonds. The van der Waals surface area contributed by atoms with Crippen LogP contribution in [0.5, 0.6) is 11.5 Å². The Morgan fingerprint density at radius 2 is 1.85 bits per heavy atom.